The number of aryl methyl sites for hydroxylation is 1. The van der Waals surface area contributed by atoms with Gasteiger partial charge in [-0.05, 0) is 120 Å². The Bertz CT molecular complexity index is 1920. The second-order valence-electron chi connectivity index (χ2n) is 14.8. The van der Waals surface area contributed by atoms with E-state index >= 15 is 0 Å². The molecule has 2 amide bonds. The molecule has 0 spiro atoms. The Morgan fingerprint density at radius 3 is 1.71 bits per heavy atom. The van der Waals surface area contributed by atoms with Crippen LogP contribution in [0.5, 0.6) is 23.0 Å². The van der Waals surface area contributed by atoms with Crippen molar-refractivity contribution in [3.8, 4) is 23.0 Å². The molecule has 2 heterocycles. The predicted molar refractivity (Wildman–Crippen MR) is 208 cm³/mol. The number of para-hydroxylation sites is 2. The first-order valence-electron chi connectivity index (χ1n) is 18.5. The van der Waals surface area contributed by atoms with E-state index < -0.39 is 16.8 Å². The van der Waals surface area contributed by atoms with Gasteiger partial charge in [-0.25, -0.2) is 14.0 Å². The third-order valence-corrected chi connectivity index (χ3v) is 9.79. The Labute approximate surface area is 327 Å². The summed E-state index contributed by atoms with van der Waals surface area (Å²) in [7, 11) is 0. The minimum atomic E-state index is -1.12. The predicted octanol–water partition coefficient (Wildman–Crippen LogP) is 9.72. The molecule has 0 radical (unpaired) electrons. The molecule has 0 atom stereocenters. The molecular weight excluding hydrogens is 727 g/mol. The maximum Gasteiger partial charge on any atom is 0.410 e. The Hall–Kier alpha value is -4.84. The maximum absolute atomic E-state index is 13.4. The number of carbonyl (C=O) groups is 2. The molecule has 0 aromatic heterocycles. The lowest BCUT2D eigenvalue weighted by Crippen LogP contribution is -2.46. The summed E-state index contributed by atoms with van der Waals surface area (Å²) >= 11 is 5.91. The van der Waals surface area contributed by atoms with Crippen LogP contribution in [0.15, 0.2) is 91.0 Å². The Morgan fingerprint density at radius 1 is 0.727 bits per heavy atom. The lowest BCUT2D eigenvalue weighted by molar-refractivity contribution is -0.0365. The molecule has 55 heavy (non-hydrogen) atoms. The summed E-state index contributed by atoms with van der Waals surface area (Å²) in [6.45, 7) is 11.0. The average molecular weight is 777 g/mol. The number of benzene rings is 4. The van der Waals surface area contributed by atoms with E-state index in [1.54, 1.807) is 60.0 Å². The highest BCUT2D eigenvalue weighted by molar-refractivity contribution is 6.30. The van der Waals surface area contributed by atoms with E-state index in [1.165, 1.54) is 12.1 Å². The fourth-order valence-electron chi connectivity index (χ4n) is 6.55. The number of hydrogen-bond acceptors (Lipinski definition) is 8. The minimum absolute atomic E-state index is 0.323. The monoisotopic (exact) mass is 776 g/mol. The van der Waals surface area contributed by atoms with Gasteiger partial charge in [0.1, 0.15) is 34.4 Å². The number of rotatable bonds is 7. The van der Waals surface area contributed by atoms with Gasteiger partial charge in [0.2, 0.25) is 0 Å². The maximum atomic E-state index is 13.4. The minimum Gasteiger partial charge on any atom is -0.457 e. The number of hydrogen-bond donors (Lipinski definition) is 2. The molecule has 2 saturated heterocycles. The van der Waals surface area contributed by atoms with Gasteiger partial charge in [-0.2, -0.15) is 0 Å². The third-order valence-electron chi connectivity index (χ3n) is 9.53. The molecule has 294 valence electrons. The molecule has 2 aliphatic rings. The van der Waals surface area contributed by atoms with Crippen LogP contribution >= 0.6 is 11.6 Å². The first kappa shape index (κ1) is 41.3. The number of piperidine rings is 2. The van der Waals surface area contributed by atoms with Crippen molar-refractivity contribution in [2.45, 2.75) is 77.1 Å². The zero-order valence-corrected chi connectivity index (χ0v) is 32.8. The number of nitrogens with zero attached hydrogens (tertiary/aromatic N) is 2. The summed E-state index contributed by atoms with van der Waals surface area (Å²) in [5, 5.41) is 23.2. The highest BCUT2D eigenvalue weighted by atomic mass is 35.5. The molecule has 2 N–H and O–H groups in total. The summed E-state index contributed by atoms with van der Waals surface area (Å²) < 4.78 is 35.8. The smallest absolute Gasteiger partial charge is 0.410 e. The van der Waals surface area contributed by atoms with Crippen LogP contribution < -0.4 is 9.47 Å². The van der Waals surface area contributed by atoms with Crippen molar-refractivity contribution in [1.82, 2.24) is 9.80 Å². The Morgan fingerprint density at radius 2 is 1.22 bits per heavy atom. The van der Waals surface area contributed by atoms with Crippen molar-refractivity contribution < 1.29 is 43.1 Å². The van der Waals surface area contributed by atoms with Gasteiger partial charge in [-0.3, -0.25) is 0 Å². The van der Waals surface area contributed by atoms with E-state index in [4.69, 9.17) is 30.5 Å². The normalized spacial score (nSPS) is 16.3. The zero-order chi connectivity index (χ0) is 39.8. The number of likely N-dealkylation sites (tertiary alicyclic amines) is 2. The van der Waals surface area contributed by atoms with Crippen LogP contribution in [0.1, 0.15) is 70.1 Å². The van der Waals surface area contributed by atoms with E-state index in [-0.39, 0.29) is 18.0 Å². The van der Waals surface area contributed by atoms with Crippen LogP contribution in [0.25, 0.3) is 0 Å². The second kappa shape index (κ2) is 17.7. The van der Waals surface area contributed by atoms with Crippen LogP contribution in [0, 0.1) is 12.7 Å². The van der Waals surface area contributed by atoms with E-state index in [9.17, 15) is 24.2 Å². The van der Waals surface area contributed by atoms with Gasteiger partial charge in [0.05, 0.1) is 17.8 Å². The molecule has 4 aromatic rings. The fourth-order valence-corrected chi connectivity index (χ4v) is 6.68. The molecular formula is C43H50ClFN2O8. The summed E-state index contributed by atoms with van der Waals surface area (Å²) in [6, 6.07) is 26.2. The Kier molecular flexibility index (Phi) is 13.3. The van der Waals surface area contributed by atoms with E-state index in [0.29, 0.717) is 97.6 Å². The highest BCUT2D eigenvalue weighted by Gasteiger charge is 2.39. The molecule has 0 unspecified atom stereocenters. The molecule has 0 bridgehead atoms. The van der Waals surface area contributed by atoms with Gasteiger partial charge >= 0.3 is 12.2 Å². The van der Waals surface area contributed by atoms with Crippen LogP contribution in [-0.4, -0.2) is 70.6 Å². The SMILES string of the molecule is CCOC(=O)N1CCC(O)(c2ccccc2Oc2ccc(Cl)cc2)CC1.Cc1cc(F)ccc1Oc1ccccc1C1(O)CCN(C(=O)OC(C)(C)C)CC1. The number of carbonyl (C=O) groups excluding carboxylic acids is 2. The lowest BCUT2D eigenvalue weighted by atomic mass is 9.84. The van der Waals surface area contributed by atoms with Gasteiger partial charge in [0.25, 0.3) is 0 Å². The highest BCUT2D eigenvalue weighted by Crippen LogP contribution is 2.41. The number of halogens is 2. The Balaban J connectivity index is 0.000000212. The largest absolute Gasteiger partial charge is 0.457 e. The van der Waals surface area contributed by atoms with Gasteiger partial charge in [-0.15, -0.1) is 0 Å². The molecule has 4 aromatic carbocycles. The summed E-state index contributed by atoms with van der Waals surface area (Å²) in [5.74, 6) is 1.98. The van der Waals surface area contributed by atoms with Gasteiger partial charge in [-0.1, -0.05) is 48.0 Å². The van der Waals surface area contributed by atoms with Crippen molar-refractivity contribution in [2.75, 3.05) is 32.8 Å². The second-order valence-corrected chi connectivity index (χ2v) is 15.2. The van der Waals surface area contributed by atoms with E-state index in [0.717, 1.165) is 5.56 Å². The van der Waals surface area contributed by atoms with Crippen molar-refractivity contribution in [1.29, 1.82) is 0 Å². The van der Waals surface area contributed by atoms with Crippen LogP contribution in [-0.2, 0) is 20.7 Å². The van der Waals surface area contributed by atoms with E-state index in [2.05, 4.69) is 0 Å². The summed E-state index contributed by atoms with van der Waals surface area (Å²) in [4.78, 5) is 27.4. The third kappa shape index (κ3) is 10.9. The van der Waals surface area contributed by atoms with Crippen molar-refractivity contribution in [3.05, 3.63) is 119 Å². The topological polar surface area (TPSA) is 118 Å². The molecule has 10 nitrogen and oxygen atoms in total. The van der Waals surface area contributed by atoms with Gasteiger partial charge in [0, 0.05) is 42.3 Å². The van der Waals surface area contributed by atoms with Crippen molar-refractivity contribution in [2.24, 2.45) is 0 Å². The van der Waals surface area contributed by atoms with Crippen LogP contribution in [0.4, 0.5) is 14.0 Å². The molecule has 2 fully saturated rings. The number of aliphatic hydroxyl groups is 2. The first-order valence-corrected chi connectivity index (χ1v) is 18.9. The fraction of sp³-hybridized carbons (Fsp3) is 0.395. The van der Waals surface area contributed by atoms with Gasteiger partial charge < -0.3 is 39.0 Å². The van der Waals surface area contributed by atoms with Crippen LogP contribution in [0.3, 0.4) is 0 Å². The van der Waals surface area contributed by atoms with E-state index in [1.807, 2.05) is 63.2 Å². The molecule has 12 heteroatoms. The molecule has 0 aliphatic carbocycles. The molecule has 2 aliphatic heterocycles. The quantitative estimate of drug-likeness (QED) is 0.191. The lowest BCUT2D eigenvalue weighted by Gasteiger charge is -2.39. The number of amides is 2. The standard InChI is InChI=1S/C23H28FNO4.C20H22ClNO4/c1-16-15-17(24)9-10-19(16)28-20-8-6-5-7-18(20)23(27)11-13-25(14-12-23)21(26)29-22(2,3)4;1-2-25-19(23)22-13-11-20(24,12-14-22)17-5-3-4-6-18(17)26-16-9-7-15(21)8-10-16/h5-10,15,27H,11-14H2,1-4H3;3-10,24H,2,11-14H2,1H3. The molecule has 0 saturated carbocycles. The average Bonchev–Trinajstić information content (AvgIpc) is 3.14. The van der Waals surface area contributed by atoms with Gasteiger partial charge in [0.15, 0.2) is 0 Å². The summed E-state index contributed by atoms with van der Waals surface area (Å²) in [5.41, 5.74) is -0.676. The molecule has 6 rings (SSSR count). The zero-order valence-electron chi connectivity index (χ0n) is 32.0. The summed E-state index contributed by atoms with van der Waals surface area (Å²) in [6.07, 6.45) is 0.884. The van der Waals surface area contributed by atoms with Crippen LogP contribution in [0.2, 0.25) is 5.02 Å². The first-order chi connectivity index (χ1) is 26.1. The number of ether oxygens (including phenoxy) is 4. The van der Waals surface area contributed by atoms with Crippen molar-refractivity contribution in [3.63, 3.8) is 0 Å². The van der Waals surface area contributed by atoms with Crippen molar-refractivity contribution >= 4 is 23.8 Å².